The largest absolute Gasteiger partial charge is 0.468 e. The Balaban J connectivity index is 2.39. The molecule has 0 fully saturated rings. The van der Waals surface area contributed by atoms with Gasteiger partial charge in [0, 0.05) is 6.42 Å². The van der Waals surface area contributed by atoms with E-state index in [9.17, 15) is 4.79 Å². The number of hydrogen-bond acceptors (Lipinski definition) is 2. The molecule has 1 aliphatic rings. The lowest BCUT2D eigenvalue weighted by atomic mass is 10.1. The Kier molecular flexibility index (Phi) is 1.68. The first-order valence-corrected chi connectivity index (χ1v) is 4.45. The van der Waals surface area contributed by atoms with Crippen molar-refractivity contribution in [2.75, 3.05) is 0 Å². The minimum Gasteiger partial charge on any atom is -0.468 e. The fourth-order valence-electron chi connectivity index (χ4n) is 1.29. The number of para-hydroxylation sites is 1. The van der Waals surface area contributed by atoms with Gasteiger partial charge in [0.2, 0.25) is 4.51 Å². The molecule has 1 unspecified atom stereocenters. The molecule has 0 radical (unpaired) electrons. The van der Waals surface area contributed by atoms with E-state index in [4.69, 9.17) is 4.74 Å². The average molecular weight is 227 g/mol. The van der Waals surface area contributed by atoms with Crippen molar-refractivity contribution in [2.45, 2.75) is 10.9 Å². The Labute approximate surface area is 78.7 Å². The first kappa shape index (κ1) is 7.80. The number of carbonyl (C=O) groups is 1. The van der Waals surface area contributed by atoms with Gasteiger partial charge in [-0.15, -0.1) is 0 Å². The maximum Gasteiger partial charge on any atom is 0.222 e. The predicted molar refractivity (Wildman–Crippen MR) is 48.5 cm³/mol. The van der Waals surface area contributed by atoms with Crippen LogP contribution in [0.5, 0.6) is 5.75 Å². The predicted octanol–water partition coefficient (Wildman–Crippen LogP) is 1.91. The lowest BCUT2D eigenvalue weighted by Gasteiger charge is -2.12. The summed E-state index contributed by atoms with van der Waals surface area (Å²) in [6.07, 6.45) is 1.39. The van der Waals surface area contributed by atoms with E-state index < -0.39 is 4.51 Å². The Morgan fingerprint density at radius 1 is 1.50 bits per heavy atom. The SMILES string of the molecule is O=CC1(Br)Cc2ccccc2O1. The lowest BCUT2D eigenvalue weighted by Crippen LogP contribution is -2.27. The van der Waals surface area contributed by atoms with Gasteiger partial charge >= 0.3 is 0 Å². The molecule has 0 saturated carbocycles. The lowest BCUT2D eigenvalue weighted by molar-refractivity contribution is -0.114. The molecule has 0 spiro atoms. The molecule has 1 heterocycles. The van der Waals surface area contributed by atoms with Gasteiger partial charge in [-0.2, -0.15) is 0 Å². The van der Waals surface area contributed by atoms with Gasteiger partial charge in [0.1, 0.15) is 5.75 Å². The molecule has 12 heavy (non-hydrogen) atoms. The Bertz CT molecular complexity index is 297. The average Bonchev–Trinajstić information content (AvgIpc) is 2.42. The molecule has 1 aromatic rings. The van der Waals surface area contributed by atoms with Crippen molar-refractivity contribution < 1.29 is 9.53 Å². The van der Waals surface area contributed by atoms with Crippen LogP contribution >= 0.6 is 15.9 Å². The van der Waals surface area contributed by atoms with Gasteiger partial charge in [-0.1, -0.05) is 18.2 Å². The van der Waals surface area contributed by atoms with Crippen molar-refractivity contribution in [2.24, 2.45) is 0 Å². The second-order valence-electron chi connectivity index (χ2n) is 2.79. The molecule has 0 aromatic heterocycles. The summed E-state index contributed by atoms with van der Waals surface area (Å²) in [5.74, 6) is 0.793. The third-order valence-corrected chi connectivity index (χ3v) is 2.49. The highest BCUT2D eigenvalue weighted by Gasteiger charge is 2.36. The summed E-state index contributed by atoms with van der Waals surface area (Å²) < 4.78 is 4.57. The van der Waals surface area contributed by atoms with E-state index in [1.165, 1.54) is 0 Å². The van der Waals surface area contributed by atoms with Crippen LogP contribution in [-0.2, 0) is 11.2 Å². The van der Waals surface area contributed by atoms with E-state index in [0.717, 1.165) is 17.6 Å². The van der Waals surface area contributed by atoms with Crippen LogP contribution in [-0.4, -0.2) is 10.8 Å². The topological polar surface area (TPSA) is 26.3 Å². The molecule has 62 valence electrons. The fourth-order valence-corrected chi connectivity index (χ4v) is 1.77. The molecule has 0 amide bonds. The van der Waals surface area contributed by atoms with Gasteiger partial charge in [-0.05, 0) is 27.6 Å². The van der Waals surface area contributed by atoms with Gasteiger partial charge in [-0.3, -0.25) is 4.79 Å². The van der Waals surface area contributed by atoms with Gasteiger partial charge in [-0.25, -0.2) is 0 Å². The van der Waals surface area contributed by atoms with Gasteiger partial charge in [0.25, 0.3) is 0 Å². The zero-order chi connectivity index (χ0) is 8.60. The first-order valence-electron chi connectivity index (χ1n) is 3.66. The third-order valence-electron chi connectivity index (χ3n) is 1.86. The molecule has 3 heteroatoms. The van der Waals surface area contributed by atoms with E-state index in [2.05, 4.69) is 15.9 Å². The number of hydrogen-bond donors (Lipinski definition) is 0. The Morgan fingerprint density at radius 2 is 2.25 bits per heavy atom. The summed E-state index contributed by atoms with van der Waals surface area (Å²) in [4.78, 5) is 10.6. The minimum atomic E-state index is -0.823. The maximum atomic E-state index is 10.6. The highest BCUT2D eigenvalue weighted by Crippen LogP contribution is 2.37. The number of aldehydes is 1. The highest BCUT2D eigenvalue weighted by atomic mass is 79.9. The van der Waals surface area contributed by atoms with Crippen molar-refractivity contribution in [1.29, 1.82) is 0 Å². The number of fused-ring (bicyclic) bond motifs is 1. The fraction of sp³-hybridized carbons (Fsp3) is 0.222. The summed E-state index contributed by atoms with van der Waals surface area (Å²) in [6, 6.07) is 7.65. The van der Waals surface area contributed by atoms with Crippen LogP contribution < -0.4 is 4.74 Å². The molecular formula is C9H7BrO2. The summed E-state index contributed by atoms with van der Waals surface area (Å²) in [7, 11) is 0. The van der Waals surface area contributed by atoms with Gasteiger partial charge in [0.15, 0.2) is 6.29 Å². The van der Waals surface area contributed by atoms with Crippen LogP contribution in [0.2, 0.25) is 0 Å². The Hall–Kier alpha value is -0.830. The normalized spacial score (nSPS) is 26.1. The second kappa shape index (κ2) is 2.59. The molecule has 1 aliphatic heterocycles. The molecule has 0 saturated heterocycles. The quantitative estimate of drug-likeness (QED) is 0.541. The maximum absolute atomic E-state index is 10.6. The van der Waals surface area contributed by atoms with Crippen LogP contribution in [0.15, 0.2) is 24.3 Å². The summed E-state index contributed by atoms with van der Waals surface area (Å²) >= 11 is 3.24. The van der Waals surface area contributed by atoms with Crippen LogP contribution in [0.1, 0.15) is 5.56 Å². The zero-order valence-corrected chi connectivity index (χ0v) is 7.87. The second-order valence-corrected chi connectivity index (χ2v) is 4.13. The van der Waals surface area contributed by atoms with Crippen molar-refractivity contribution in [3.05, 3.63) is 29.8 Å². The summed E-state index contributed by atoms with van der Waals surface area (Å²) in [5, 5.41) is 0. The van der Waals surface area contributed by atoms with Gasteiger partial charge in [0.05, 0.1) is 0 Å². The molecule has 0 aliphatic carbocycles. The highest BCUT2D eigenvalue weighted by molar-refractivity contribution is 9.10. The number of ether oxygens (including phenoxy) is 1. The van der Waals surface area contributed by atoms with E-state index in [-0.39, 0.29) is 0 Å². The molecule has 2 nitrogen and oxygen atoms in total. The number of benzene rings is 1. The number of halogens is 1. The Morgan fingerprint density at radius 3 is 2.92 bits per heavy atom. The molecule has 2 rings (SSSR count). The van der Waals surface area contributed by atoms with E-state index in [1.807, 2.05) is 24.3 Å². The molecular weight excluding hydrogens is 220 g/mol. The summed E-state index contributed by atoms with van der Waals surface area (Å²) in [6.45, 7) is 0. The monoisotopic (exact) mass is 226 g/mol. The third kappa shape index (κ3) is 1.14. The van der Waals surface area contributed by atoms with Crippen LogP contribution in [0, 0.1) is 0 Å². The molecule has 1 atom stereocenters. The smallest absolute Gasteiger partial charge is 0.222 e. The van der Waals surface area contributed by atoms with Crippen LogP contribution in [0.4, 0.5) is 0 Å². The van der Waals surface area contributed by atoms with E-state index in [1.54, 1.807) is 0 Å². The van der Waals surface area contributed by atoms with Crippen molar-refractivity contribution in [3.63, 3.8) is 0 Å². The summed E-state index contributed by atoms with van der Waals surface area (Å²) in [5.41, 5.74) is 1.07. The zero-order valence-electron chi connectivity index (χ0n) is 6.29. The van der Waals surface area contributed by atoms with E-state index >= 15 is 0 Å². The first-order chi connectivity index (χ1) is 5.73. The molecule has 1 aromatic carbocycles. The molecule has 0 N–H and O–H groups in total. The van der Waals surface area contributed by atoms with Gasteiger partial charge < -0.3 is 4.74 Å². The van der Waals surface area contributed by atoms with Crippen LogP contribution in [0.3, 0.4) is 0 Å². The number of alkyl halides is 1. The molecule has 0 bridgehead atoms. The van der Waals surface area contributed by atoms with Crippen molar-refractivity contribution in [1.82, 2.24) is 0 Å². The van der Waals surface area contributed by atoms with Crippen molar-refractivity contribution in [3.8, 4) is 5.75 Å². The number of rotatable bonds is 1. The number of carbonyl (C=O) groups excluding carboxylic acids is 1. The van der Waals surface area contributed by atoms with Crippen molar-refractivity contribution >= 4 is 22.2 Å². The van der Waals surface area contributed by atoms with E-state index in [0.29, 0.717) is 6.42 Å². The standard InChI is InChI=1S/C9H7BrO2/c10-9(6-11)5-7-3-1-2-4-8(7)12-9/h1-4,6H,5H2. The minimum absolute atomic E-state index is 0.604. The van der Waals surface area contributed by atoms with Crippen LogP contribution in [0.25, 0.3) is 0 Å².